The molecule has 1 aliphatic heterocycles. The fourth-order valence-corrected chi connectivity index (χ4v) is 2.66. The van der Waals surface area contributed by atoms with Gasteiger partial charge in [0.25, 0.3) is 5.91 Å². The number of carbonyl (C=O) groups excluding carboxylic acids is 1. The molecule has 0 aromatic carbocycles. The molecule has 1 aliphatic rings. The summed E-state index contributed by atoms with van der Waals surface area (Å²) in [5.41, 5.74) is 1.49. The molecule has 0 bridgehead atoms. The van der Waals surface area contributed by atoms with Crippen LogP contribution in [0.4, 0.5) is 0 Å². The van der Waals surface area contributed by atoms with Gasteiger partial charge < -0.3 is 10.1 Å². The van der Waals surface area contributed by atoms with Gasteiger partial charge in [0.15, 0.2) is 5.82 Å². The Morgan fingerprint density at radius 1 is 1.50 bits per heavy atom. The number of amides is 1. The van der Waals surface area contributed by atoms with Crippen molar-refractivity contribution in [1.29, 1.82) is 0 Å². The Bertz CT molecular complexity index is 633. The van der Waals surface area contributed by atoms with Crippen LogP contribution in [0.1, 0.15) is 29.4 Å². The fourth-order valence-electron chi connectivity index (χ4n) is 2.66. The third-order valence-electron chi connectivity index (χ3n) is 3.89. The van der Waals surface area contributed by atoms with Crippen molar-refractivity contribution in [2.75, 3.05) is 19.8 Å². The molecule has 2 aromatic heterocycles. The number of aromatic nitrogens is 3. The van der Waals surface area contributed by atoms with Gasteiger partial charge in [0, 0.05) is 25.3 Å². The van der Waals surface area contributed by atoms with Crippen LogP contribution < -0.4 is 5.32 Å². The van der Waals surface area contributed by atoms with E-state index in [4.69, 9.17) is 4.74 Å². The number of hydrogen-bond donors (Lipinski definition) is 1. The maximum Gasteiger partial charge on any atom is 0.254 e. The zero-order chi connectivity index (χ0) is 15.4. The number of rotatable bonds is 5. The van der Waals surface area contributed by atoms with E-state index in [1.165, 1.54) is 0 Å². The van der Waals surface area contributed by atoms with E-state index in [0.29, 0.717) is 24.4 Å². The van der Waals surface area contributed by atoms with Gasteiger partial charge in [-0.25, -0.2) is 9.67 Å². The Kier molecular flexibility index (Phi) is 4.48. The molecule has 1 N–H and O–H groups in total. The summed E-state index contributed by atoms with van der Waals surface area (Å²) < 4.78 is 7.06. The van der Waals surface area contributed by atoms with E-state index in [0.717, 1.165) is 31.1 Å². The molecular formula is C16H20N4O2. The zero-order valence-corrected chi connectivity index (χ0v) is 12.7. The van der Waals surface area contributed by atoms with Crippen LogP contribution in [0.5, 0.6) is 0 Å². The maximum absolute atomic E-state index is 12.4. The van der Waals surface area contributed by atoms with Crippen LogP contribution in [-0.2, 0) is 11.2 Å². The molecule has 0 unspecified atom stereocenters. The highest BCUT2D eigenvalue weighted by Crippen LogP contribution is 2.15. The molecule has 3 rings (SSSR count). The molecule has 0 spiro atoms. The summed E-state index contributed by atoms with van der Waals surface area (Å²) in [5.74, 6) is 1.06. The monoisotopic (exact) mass is 300 g/mol. The number of nitrogens with one attached hydrogen (secondary N) is 1. The number of ether oxygens (including phenoxy) is 1. The van der Waals surface area contributed by atoms with E-state index in [-0.39, 0.29) is 5.91 Å². The second kappa shape index (κ2) is 6.70. The summed E-state index contributed by atoms with van der Waals surface area (Å²) in [5, 5.41) is 7.31. The lowest BCUT2D eigenvalue weighted by Crippen LogP contribution is -2.30. The molecule has 22 heavy (non-hydrogen) atoms. The lowest BCUT2D eigenvalue weighted by atomic mass is 10.1. The second-order valence-electron chi connectivity index (χ2n) is 5.40. The molecule has 0 radical (unpaired) electrons. The Morgan fingerprint density at radius 2 is 2.41 bits per heavy atom. The highest BCUT2D eigenvalue weighted by molar-refractivity contribution is 5.95. The molecule has 1 saturated heterocycles. The van der Waals surface area contributed by atoms with Gasteiger partial charge in [0.05, 0.1) is 24.1 Å². The number of carbonyl (C=O) groups is 1. The number of hydrogen-bond acceptors (Lipinski definition) is 4. The van der Waals surface area contributed by atoms with Gasteiger partial charge in [-0.2, -0.15) is 5.10 Å². The first-order valence-corrected chi connectivity index (χ1v) is 7.64. The topological polar surface area (TPSA) is 69.0 Å². The van der Waals surface area contributed by atoms with Crippen molar-refractivity contribution in [2.45, 2.75) is 19.8 Å². The first-order chi connectivity index (χ1) is 10.8. The number of pyridine rings is 1. The standard InChI is InChI=1S/C16H20N4O2/c1-2-14-13(16(21)18-9-12-6-8-22-11-12)10-19-20(14)15-5-3-4-7-17-15/h3-5,7,10,12H,2,6,8-9,11H2,1H3,(H,18,21)/t12-/m1/s1. The van der Waals surface area contributed by atoms with Crippen LogP contribution in [0, 0.1) is 5.92 Å². The summed E-state index contributed by atoms with van der Waals surface area (Å²) >= 11 is 0. The van der Waals surface area contributed by atoms with Crippen molar-refractivity contribution in [3.05, 3.63) is 41.9 Å². The Morgan fingerprint density at radius 3 is 3.09 bits per heavy atom. The van der Waals surface area contributed by atoms with Crippen LogP contribution in [0.15, 0.2) is 30.6 Å². The van der Waals surface area contributed by atoms with Crippen LogP contribution >= 0.6 is 0 Å². The molecule has 1 amide bonds. The van der Waals surface area contributed by atoms with Crippen LogP contribution in [-0.4, -0.2) is 40.4 Å². The van der Waals surface area contributed by atoms with Crippen LogP contribution in [0.25, 0.3) is 5.82 Å². The minimum Gasteiger partial charge on any atom is -0.381 e. The zero-order valence-electron chi connectivity index (χ0n) is 12.7. The van der Waals surface area contributed by atoms with Crippen molar-refractivity contribution in [3.8, 4) is 5.82 Å². The lowest BCUT2D eigenvalue weighted by molar-refractivity contribution is 0.0944. The molecule has 1 fully saturated rings. The Balaban J connectivity index is 1.76. The van der Waals surface area contributed by atoms with E-state index in [2.05, 4.69) is 15.4 Å². The quantitative estimate of drug-likeness (QED) is 0.910. The maximum atomic E-state index is 12.4. The highest BCUT2D eigenvalue weighted by atomic mass is 16.5. The smallest absolute Gasteiger partial charge is 0.254 e. The van der Waals surface area contributed by atoms with Crippen molar-refractivity contribution in [2.24, 2.45) is 5.92 Å². The average Bonchev–Trinajstić information content (AvgIpc) is 3.22. The minimum atomic E-state index is -0.0778. The molecule has 1 atom stereocenters. The second-order valence-corrected chi connectivity index (χ2v) is 5.40. The summed E-state index contributed by atoms with van der Waals surface area (Å²) in [6.45, 7) is 4.18. The molecule has 116 valence electrons. The first kappa shape index (κ1) is 14.7. The SMILES string of the molecule is CCc1c(C(=O)NC[C@H]2CCOC2)cnn1-c1ccccn1. The summed E-state index contributed by atoms with van der Waals surface area (Å²) in [6.07, 6.45) is 5.06. The van der Waals surface area contributed by atoms with Gasteiger partial charge in [-0.05, 0) is 25.0 Å². The van der Waals surface area contributed by atoms with E-state index in [9.17, 15) is 4.79 Å². The van der Waals surface area contributed by atoms with Gasteiger partial charge in [-0.15, -0.1) is 0 Å². The lowest BCUT2D eigenvalue weighted by Gasteiger charge is -2.10. The summed E-state index contributed by atoms with van der Waals surface area (Å²) in [4.78, 5) is 16.7. The normalized spacial score (nSPS) is 17.6. The summed E-state index contributed by atoms with van der Waals surface area (Å²) in [6, 6.07) is 5.64. The van der Waals surface area contributed by atoms with Crippen molar-refractivity contribution < 1.29 is 9.53 Å². The molecule has 6 nitrogen and oxygen atoms in total. The van der Waals surface area contributed by atoms with Gasteiger partial charge in [0.2, 0.25) is 0 Å². The minimum absolute atomic E-state index is 0.0778. The van der Waals surface area contributed by atoms with Gasteiger partial charge in [-0.1, -0.05) is 13.0 Å². The Labute approximate surface area is 129 Å². The Hall–Kier alpha value is -2.21. The molecular weight excluding hydrogens is 280 g/mol. The van der Waals surface area contributed by atoms with Gasteiger partial charge in [-0.3, -0.25) is 4.79 Å². The van der Waals surface area contributed by atoms with Crippen molar-refractivity contribution in [3.63, 3.8) is 0 Å². The van der Waals surface area contributed by atoms with Crippen LogP contribution in [0.2, 0.25) is 0 Å². The molecule has 3 heterocycles. The average molecular weight is 300 g/mol. The third-order valence-corrected chi connectivity index (χ3v) is 3.89. The van der Waals surface area contributed by atoms with Gasteiger partial charge in [0.1, 0.15) is 0 Å². The van der Waals surface area contributed by atoms with E-state index in [1.807, 2.05) is 25.1 Å². The molecule has 0 saturated carbocycles. The highest BCUT2D eigenvalue weighted by Gasteiger charge is 2.20. The predicted octanol–water partition coefficient (Wildman–Crippen LogP) is 1.60. The molecule has 2 aromatic rings. The van der Waals surface area contributed by atoms with E-state index in [1.54, 1.807) is 17.1 Å². The fraction of sp³-hybridized carbons (Fsp3) is 0.438. The largest absolute Gasteiger partial charge is 0.381 e. The first-order valence-electron chi connectivity index (χ1n) is 7.64. The van der Waals surface area contributed by atoms with E-state index < -0.39 is 0 Å². The van der Waals surface area contributed by atoms with Crippen molar-refractivity contribution in [1.82, 2.24) is 20.1 Å². The van der Waals surface area contributed by atoms with Crippen molar-refractivity contribution >= 4 is 5.91 Å². The van der Waals surface area contributed by atoms with Gasteiger partial charge >= 0.3 is 0 Å². The predicted molar refractivity (Wildman–Crippen MR) is 82.0 cm³/mol. The third kappa shape index (κ3) is 3.01. The summed E-state index contributed by atoms with van der Waals surface area (Å²) in [7, 11) is 0. The molecule has 6 heteroatoms. The number of nitrogens with zero attached hydrogens (tertiary/aromatic N) is 3. The van der Waals surface area contributed by atoms with Crippen LogP contribution in [0.3, 0.4) is 0 Å². The van der Waals surface area contributed by atoms with E-state index >= 15 is 0 Å². The molecule has 0 aliphatic carbocycles.